The Morgan fingerprint density at radius 1 is 1.00 bits per heavy atom. The first-order chi connectivity index (χ1) is 8.84. The van der Waals surface area contributed by atoms with Crippen LogP contribution in [0.5, 0.6) is 0 Å². The van der Waals surface area contributed by atoms with Crippen molar-refractivity contribution in [1.29, 1.82) is 0 Å². The van der Waals surface area contributed by atoms with Crippen molar-refractivity contribution in [2.24, 2.45) is 0 Å². The van der Waals surface area contributed by atoms with Gasteiger partial charge in [0.2, 0.25) is 0 Å². The van der Waals surface area contributed by atoms with Gasteiger partial charge in [-0.3, -0.25) is 4.98 Å². The van der Waals surface area contributed by atoms with Crippen LogP contribution in [0, 0.1) is 6.92 Å². The highest BCUT2D eigenvalue weighted by Crippen LogP contribution is 2.40. The maximum absolute atomic E-state index is 4.69. The minimum atomic E-state index is 1.01. The molecule has 0 spiro atoms. The van der Waals surface area contributed by atoms with Crippen LogP contribution < -0.4 is 0 Å². The fourth-order valence-electron chi connectivity index (χ4n) is 3.02. The third-order valence-electron chi connectivity index (χ3n) is 3.87. The number of rotatable bonds is 0. The van der Waals surface area contributed by atoms with Crippen molar-refractivity contribution >= 4 is 10.8 Å². The summed E-state index contributed by atoms with van der Waals surface area (Å²) in [5, 5.41) is 2.58. The molecule has 0 N–H and O–H groups in total. The molecule has 4 rings (SSSR count). The molecule has 86 valence electrons. The molecule has 1 heteroatoms. The van der Waals surface area contributed by atoms with E-state index in [2.05, 4.69) is 54.4 Å². The Balaban J connectivity index is 2.12. The van der Waals surface area contributed by atoms with E-state index in [9.17, 15) is 0 Å². The van der Waals surface area contributed by atoms with Gasteiger partial charge >= 0.3 is 0 Å². The van der Waals surface area contributed by atoms with Crippen LogP contribution in [-0.2, 0) is 6.42 Å². The first-order valence-corrected chi connectivity index (χ1v) is 6.30. The molecule has 1 nitrogen and oxygen atoms in total. The summed E-state index contributed by atoms with van der Waals surface area (Å²) in [5.74, 6) is 0. The van der Waals surface area contributed by atoms with Crippen molar-refractivity contribution in [3.63, 3.8) is 0 Å². The van der Waals surface area contributed by atoms with E-state index < -0.39 is 0 Å². The summed E-state index contributed by atoms with van der Waals surface area (Å²) in [6.07, 6.45) is 3.01. The fourth-order valence-corrected chi connectivity index (χ4v) is 3.02. The molecule has 18 heavy (non-hydrogen) atoms. The molecule has 2 aromatic carbocycles. The summed E-state index contributed by atoms with van der Waals surface area (Å²) in [7, 11) is 0. The summed E-state index contributed by atoms with van der Waals surface area (Å²) in [6, 6.07) is 15.1. The molecule has 0 fully saturated rings. The van der Waals surface area contributed by atoms with Gasteiger partial charge in [0.25, 0.3) is 0 Å². The highest BCUT2D eigenvalue weighted by molar-refractivity contribution is 5.93. The number of hydrogen-bond donors (Lipinski definition) is 0. The van der Waals surface area contributed by atoms with E-state index in [1.54, 1.807) is 0 Å². The summed E-state index contributed by atoms with van der Waals surface area (Å²) in [6.45, 7) is 2.17. The van der Waals surface area contributed by atoms with Crippen molar-refractivity contribution < 1.29 is 0 Å². The topological polar surface area (TPSA) is 12.9 Å². The number of benzene rings is 2. The van der Waals surface area contributed by atoms with Crippen LogP contribution in [0.15, 0.2) is 48.7 Å². The van der Waals surface area contributed by atoms with E-state index in [4.69, 9.17) is 0 Å². The number of aromatic nitrogens is 1. The molecule has 1 aliphatic carbocycles. The van der Waals surface area contributed by atoms with Gasteiger partial charge in [0, 0.05) is 23.6 Å². The predicted octanol–water partition coefficient (Wildman–Crippen LogP) is 4.11. The Hall–Kier alpha value is -2.15. The SMILES string of the molecule is Cc1cccc2c1-c1ncc3ccccc3c1C2. The van der Waals surface area contributed by atoms with Gasteiger partial charge in [-0.1, -0.05) is 42.5 Å². The zero-order chi connectivity index (χ0) is 12.1. The van der Waals surface area contributed by atoms with Crippen molar-refractivity contribution in [2.45, 2.75) is 13.3 Å². The molecule has 0 bridgehead atoms. The van der Waals surface area contributed by atoms with E-state index in [1.165, 1.54) is 38.7 Å². The summed E-state index contributed by atoms with van der Waals surface area (Å²) in [4.78, 5) is 4.69. The molecule has 1 aromatic heterocycles. The minimum Gasteiger partial charge on any atom is -0.255 e. The van der Waals surface area contributed by atoms with Crippen LogP contribution in [0.1, 0.15) is 16.7 Å². The number of nitrogens with zero attached hydrogens (tertiary/aromatic N) is 1. The summed E-state index contributed by atoms with van der Waals surface area (Å²) < 4.78 is 0. The number of hydrogen-bond acceptors (Lipinski definition) is 1. The van der Waals surface area contributed by atoms with Gasteiger partial charge in [-0.25, -0.2) is 0 Å². The standard InChI is InChI=1S/C17H13N/c1-11-5-4-7-12-9-15-14-8-3-2-6-13(14)10-18-17(15)16(11)12/h2-8,10H,9H2,1H3. The zero-order valence-electron chi connectivity index (χ0n) is 10.3. The lowest BCUT2D eigenvalue weighted by Gasteiger charge is -2.05. The average Bonchev–Trinajstić information content (AvgIpc) is 2.79. The average molecular weight is 231 g/mol. The molecule has 3 aromatic rings. The van der Waals surface area contributed by atoms with Crippen LogP contribution in [0.2, 0.25) is 0 Å². The number of fused-ring (bicyclic) bond motifs is 5. The number of aryl methyl sites for hydroxylation is 1. The Morgan fingerprint density at radius 2 is 1.89 bits per heavy atom. The molecular weight excluding hydrogens is 218 g/mol. The third-order valence-corrected chi connectivity index (χ3v) is 3.87. The molecule has 0 saturated carbocycles. The molecule has 0 unspecified atom stereocenters. The third kappa shape index (κ3) is 1.19. The van der Waals surface area contributed by atoms with E-state index in [0.717, 1.165) is 6.42 Å². The first-order valence-electron chi connectivity index (χ1n) is 6.30. The van der Waals surface area contributed by atoms with E-state index in [-0.39, 0.29) is 0 Å². The Morgan fingerprint density at radius 3 is 2.83 bits per heavy atom. The minimum absolute atomic E-state index is 1.01. The van der Waals surface area contributed by atoms with Gasteiger partial charge in [-0.05, 0) is 29.0 Å². The lowest BCUT2D eigenvalue weighted by Crippen LogP contribution is -1.88. The highest BCUT2D eigenvalue weighted by atomic mass is 14.7. The lowest BCUT2D eigenvalue weighted by atomic mass is 10.0. The summed E-state index contributed by atoms with van der Waals surface area (Å²) >= 11 is 0. The monoisotopic (exact) mass is 231 g/mol. The second kappa shape index (κ2) is 3.42. The molecule has 1 heterocycles. The molecule has 1 aliphatic rings. The van der Waals surface area contributed by atoms with Gasteiger partial charge in [-0.15, -0.1) is 0 Å². The van der Waals surface area contributed by atoms with Crippen molar-refractivity contribution in [1.82, 2.24) is 4.98 Å². The predicted molar refractivity (Wildman–Crippen MR) is 74.7 cm³/mol. The van der Waals surface area contributed by atoms with Gasteiger partial charge < -0.3 is 0 Å². The normalized spacial score (nSPS) is 12.5. The largest absolute Gasteiger partial charge is 0.255 e. The Labute approximate surface area is 106 Å². The van der Waals surface area contributed by atoms with Crippen LogP contribution in [0.3, 0.4) is 0 Å². The van der Waals surface area contributed by atoms with Crippen LogP contribution >= 0.6 is 0 Å². The van der Waals surface area contributed by atoms with E-state index in [0.29, 0.717) is 0 Å². The fraction of sp³-hybridized carbons (Fsp3) is 0.118. The van der Waals surface area contributed by atoms with Gasteiger partial charge in [0.1, 0.15) is 0 Å². The zero-order valence-corrected chi connectivity index (χ0v) is 10.3. The Kier molecular flexibility index (Phi) is 1.87. The molecule has 0 aliphatic heterocycles. The maximum Gasteiger partial charge on any atom is 0.0749 e. The quantitative estimate of drug-likeness (QED) is 0.443. The van der Waals surface area contributed by atoms with Gasteiger partial charge in [-0.2, -0.15) is 0 Å². The van der Waals surface area contributed by atoms with Gasteiger partial charge in [0.05, 0.1) is 5.69 Å². The molecular formula is C17H13N. The van der Waals surface area contributed by atoms with Crippen molar-refractivity contribution in [3.8, 4) is 11.3 Å². The van der Waals surface area contributed by atoms with Crippen LogP contribution in [-0.4, -0.2) is 4.98 Å². The molecule has 0 amide bonds. The Bertz CT molecular complexity index is 772. The second-order valence-electron chi connectivity index (χ2n) is 4.96. The lowest BCUT2D eigenvalue weighted by molar-refractivity contribution is 1.26. The second-order valence-corrected chi connectivity index (χ2v) is 4.96. The van der Waals surface area contributed by atoms with Crippen molar-refractivity contribution in [2.75, 3.05) is 0 Å². The molecule has 0 radical (unpaired) electrons. The maximum atomic E-state index is 4.69. The number of pyridine rings is 1. The van der Waals surface area contributed by atoms with Crippen molar-refractivity contribution in [3.05, 3.63) is 65.4 Å². The van der Waals surface area contributed by atoms with E-state index in [1.807, 2.05) is 6.20 Å². The van der Waals surface area contributed by atoms with Crippen LogP contribution in [0.25, 0.3) is 22.0 Å². The molecule has 0 saturated heterocycles. The van der Waals surface area contributed by atoms with Gasteiger partial charge in [0.15, 0.2) is 0 Å². The highest BCUT2D eigenvalue weighted by Gasteiger charge is 2.22. The summed E-state index contributed by atoms with van der Waals surface area (Å²) in [5.41, 5.74) is 6.65. The van der Waals surface area contributed by atoms with Crippen LogP contribution in [0.4, 0.5) is 0 Å². The first kappa shape index (κ1) is 9.84. The van der Waals surface area contributed by atoms with E-state index >= 15 is 0 Å². The molecule has 0 atom stereocenters. The smallest absolute Gasteiger partial charge is 0.0749 e.